The van der Waals surface area contributed by atoms with E-state index in [1.807, 2.05) is 42.7 Å². The van der Waals surface area contributed by atoms with Crippen molar-refractivity contribution in [3.05, 3.63) is 67.0 Å². The number of hydrogen-bond donors (Lipinski definition) is 0. The maximum atomic E-state index is 4.73. The Morgan fingerprint density at radius 3 is 2.74 bits per heavy atom. The zero-order valence-corrected chi connectivity index (χ0v) is 12.9. The van der Waals surface area contributed by atoms with E-state index >= 15 is 0 Å². The molecular formula is C19H11N3S. The fourth-order valence-electron chi connectivity index (χ4n) is 2.84. The predicted molar refractivity (Wildman–Crippen MR) is 95.7 cm³/mol. The SMILES string of the molecule is c1ccc2nc(-c3cc4sc5cccnc5c4cn3)ccc2c1. The van der Waals surface area contributed by atoms with E-state index < -0.39 is 0 Å². The van der Waals surface area contributed by atoms with Crippen molar-refractivity contribution < 1.29 is 0 Å². The first-order valence-corrected chi connectivity index (χ1v) is 8.19. The van der Waals surface area contributed by atoms with Gasteiger partial charge in [-0.05, 0) is 30.3 Å². The normalized spacial score (nSPS) is 11.5. The number of hydrogen-bond acceptors (Lipinski definition) is 4. The fourth-order valence-corrected chi connectivity index (χ4v) is 3.91. The van der Waals surface area contributed by atoms with Crippen molar-refractivity contribution in [1.82, 2.24) is 15.0 Å². The van der Waals surface area contributed by atoms with Crippen molar-refractivity contribution in [1.29, 1.82) is 0 Å². The van der Waals surface area contributed by atoms with Crippen molar-refractivity contribution in [2.24, 2.45) is 0 Å². The first kappa shape index (κ1) is 12.7. The van der Waals surface area contributed by atoms with Gasteiger partial charge in [0.2, 0.25) is 0 Å². The smallest absolute Gasteiger partial charge is 0.0903 e. The van der Waals surface area contributed by atoms with E-state index in [0.29, 0.717) is 0 Å². The summed E-state index contributed by atoms with van der Waals surface area (Å²) in [5.74, 6) is 0. The van der Waals surface area contributed by atoms with Crippen LogP contribution in [0.5, 0.6) is 0 Å². The largest absolute Gasteiger partial charge is 0.255 e. The molecular weight excluding hydrogens is 302 g/mol. The summed E-state index contributed by atoms with van der Waals surface area (Å²) in [4.78, 5) is 13.8. The summed E-state index contributed by atoms with van der Waals surface area (Å²) in [7, 11) is 0. The summed E-state index contributed by atoms with van der Waals surface area (Å²) >= 11 is 1.74. The van der Waals surface area contributed by atoms with Crippen molar-refractivity contribution in [3.8, 4) is 11.4 Å². The highest BCUT2D eigenvalue weighted by molar-refractivity contribution is 7.25. The molecule has 0 bridgehead atoms. The van der Waals surface area contributed by atoms with Gasteiger partial charge < -0.3 is 0 Å². The van der Waals surface area contributed by atoms with Crippen LogP contribution >= 0.6 is 11.3 Å². The molecule has 0 fully saturated rings. The lowest BCUT2D eigenvalue weighted by atomic mass is 10.1. The Bertz CT molecular complexity index is 1180. The van der Waals surface area contributed by atoms with Gasteiger partial charge in [0.1, 0.15) is 0 Å². The molecule has 0 atom stereocenters. The third kappa shape index (κ3) is 1.99. The average Bonchev–Trinajstić information content (AvgIpc) is 2.99. The minimum absolute atomic E-state index is 0.898. The van der Waals surface area contributed by atoms with E-state index in [-0.39, 0.29) is 0 Å². The van der Waals surface area contributed by atoms with Crippen LogP contribution in [0.3, 0.4) is 0 Å². The summed E-state index contributed by atoms with van der Waals surface area (Å²) in [6.45, 7) is 0. The Morgan fingerprint density at radius 1 is 0.783 bits per heavy atom. The van der Waals surface area contributed by atoms with Crippen LogP contribution in [-0.4, -0.2) is 15.0 Å². The van der Waals surface area contributed by atoms with Crippen LogP contribution in [0.2, 0.25) is 0 Å². The first-order chi connectivity index (χ1) is 11.4. The standard InChI is InChI=1S/C19H11N3S/c1-2-5-14-12(4-1)7-8-15(22-14)16-10-18-13(11-21-16)19-17(23-18)6-3-9-20-19/h1-11H. The quantitative estimate of drug-likeness (QED) is 0.434. The maximum absolute atomic E-state index is 4.73. The summed E-state index contributed by atoms with van der Waals surface area (Å²) in [6.07, 6.45) is 3.74. The van der Waals surface area contributed by atoms with Crippen LogP contribution in [-0.2, 0) is 0 Å². The Kier molecular flexibility index (Phi) is 2.66. The number of pyridine rings is 3. The van der Waals surface area contributed by atoms with Crippen LogP contribution in [0.4, 0.5) is 0 Å². The molecule has 1 aromatic carbocycles. The number of benzene rings is 1. The molecule has 0 saturated carbocycles. The minimum atomic E-state index is 0.898. The molecule has 108 valence electrons. The summed E-state index contributed by atoms with van der Waals surface area (Å²) in [6, 6.07) is 18.4. The molecule has 23 heavy (non-hydrogen) atoms. The molecule has 0 aliphatic heterocycles. The molecule has 4 aromatic heterocycles. The molecule has 4 heteroatoms. The Balaban J connectivity index is 1.73. The molecule has 0 aliphatic rings. The zero-order valence-electron chi connectivity index (χ0n) is 12.1. The molecule has 0 unspecified atom stereocenters. The van der Waals surface area contributed by atoms with Crippen LogP contribution in [0.1, 0.15) is 0 Å². The number of nitrogens with zero attached hydrogens (tertiary/aromatic N) is 3. The van der Waals surface area contributed by atoms with E-state index in [0.717, 1.165) is 33.2 Å². The second kappa shape index (κ2) is 4.83. The van der Waals surface area contributed by atoms with Crippen molar-refractivity contribution in [3.63, 3.8) is 0 Å². The molecule has 4 heterocycles. The second-order valence-corrected chi connectivity index (χ2v) is 6.49. The van der Waals surface area contributed by atoms with E-state index in [1.54, 1.807) is 11.3 Å². The van der Waals surface area contributed by atoms with E-state index in [1.165, 1.54) is 9.40 Å². The maximum Gasteiger partial charge on any atom is 0.0903 e. The molecule has 0 radical (unpaired) electrons. The van der Waals surface area contributed by atoms with Crippen molar-refractivity contribution >= 4 is 42.5 Å². The summed E-state index contributed by atoms with van der Waals surface area (Å²) in [5.41, 5.74) is 3.81. The Morgan fingerprint density at radius 2 is 1.74 bits per heavy atom. The third-order valence-corrected chi connectivity index (χ3v) is 5.08. The lowest BCUT2D eigenvalue weighted by molar-refractivity contribution is 1.30. The highest BCUT2D eigenvalue weighted by atomic mass is 32.1. The van der Waals surface area contributed by atoms with Gasteiger partial charge in [-0.25, -0.2) is 4.98 Å². The molecule has 3 nitrogen and oxygen atoms in total. The highest BCUT2D eigenvalue weighted by Crippen LogP contribution is 2.33. The second-order valence-electron chi connectivity index (χ2n) is 5.41. The molecule has 0 amide bonds. The highest BCUT2D eigenvalue weighted by Gasteiger charge is 2.09. The molecule has 5 aromatic rings. The van der Waals surface area contributed by atoms with Gasteiger partial charge in [-0.1, -0.05) is 24.3 Å². The number of thiophene rings is 1. The van der Waals surface area contributed by atoms with Crippen LogP contribution < -0.4 is 0 Å². The predicted octanol–water partition coefficient (Wildman–Crippen LogP) is 5.06. The van der Waals surface area contributed by atoms with E-state index in [2.05, 4.69) is 34.2 Å². The van der Waals surface area contributed by atoms with E-state index in [9.17, 15) is 0 Å². The lowest BCUT2D eigenvalue weighted by Crippen LogP contribution is -1.88. The number of aromatic nitrogens is 3. The molecule has 5 rings (SSSR count). The topological polar surface area (TPSA) is 38.7 Å². The van der Waals surface area contributed by atoms with Crippen molar-refractivity contribution in [2.45, 2.75) is 0 Å². The molecule has 0 saturated heterocycles. The number of rotatable bonds is 1. The average molecular weight is 313 g/mol. The minimum Gasteiger partial charge on any atom is -0.255 e. The Hall–Kier alpha value is -2.85. The van der Waals surface area contributed by atoms with Crippen molar-refractivity contribution in [2.75, 3.05) is 0 Å². The monoisotopic (exact) mass is 313 g/mol. The van der Waals surface area contributed by atoms with Gasteiger partial charge in [0.15, 0.2) is 0 Å². The third-order valence-electron chi connectivity index (χ3n) is 3.97. The fraction of sp³-hybridized carbons (Fsp3) is 0. The van der Waals surface area contributed by atoms with Gasteiger partial charge in [-0.3, -0.25) is 9.97 Å². The van der Waals surface area contributed by atoms with Gasteiger partial charge >= 0.3 is 0 Å². The Labute approximate surface area is 136 Å². The molecule has 0 N–H and O–H groups in total. The van der Waals surface area contributed by atoms with Gasteiger partial charge in [-0.2, -0.15) is 0 Å². The van der Waals surface area contributed by atoms with Gasteiger partial charge in [0, 0.05) is 27.9 Å². The summed E-state index contributed by atoms with van der Waals surface area (Å²) < 4.78 is 2.38. The molecule has 0 aliphatic carbocycles. The number of para-hydroxylation sites is 1. The van der Waals surface area contributed by atoms with Gasteiger partial charge in [0.25, 0.3) is 0 Å². The lowest BCUT2D eigenvalue weighted by Gasteiger charge is -2.02. The van der Waals surface area contributed by atoms with Crippen LogP contribution in [0, 0.1) is 0 Å². The first-order valence-electron chi connectivity index (χ1n) is 7.38. The molecule has 0 spiro atoms. The van der Waals surface area contributed by atoms with E-state index in [4.69, 9.17) is 4.98 Å². The zero-order chi connectivity index (χ0) is 15.2. The number of fused-ring (bicyclic) bond motifs is 4. The van der Waals surface area contributed by atoms with Crippen LogP contribution in [0.25, 0.3) is 42.6 Å². The van der Waals surface area contributed by atoms with Crippen LogP contribution in [0.15, 0.2) is 67.0 Å². The van der Waals surface area contributed by atoms with Gasteiger partial charge in [0.05, 0.1) is 27.1 Å². The van der Waals surface area contributed by atoms with Gasteiger partial charge in [-0.15, -0.1) is 11.3 Å². The summed E-state index contributed by atoms with van der Waals surface area (Å²) in [5, 5.41) is 2.25.